The van der Waals surface area contributed by atoms with Gasteiger partial charge in [-0.15, -0.1) is 10.2 Å². The van der Waals surface area contributed by atoms with Crippen molar-refractivity contribution in [1.29, 1.82) is 0 Å². The monoisotopic (exact) mass is 295 g/mol. The first-order valence-electron chi connectivity index (χ1n) is 4.94. The molecular weight excluding hydrogens is 286 g/mol. The number of carbonyl (C=O) groups excluding carboxylic acids is 1. The predicted molar refractivity (Wildman–Crippen MR) is 65.9 cm³/mol. The van der Waals surface area contributed by atoms with Crippen LogP contribution in [0, 0.1) is 13.8 Å². The molecule has 1 heterocycles. The predicted octanol–water partition coefficient (Wildman–Crippen LogP) is 2.70. The highest BCUT2D eigenvalue weighted by molar-refractivity contribution is 9.10. The van der Waals surface area contributed by atoms with Crippen molar-refractivity contribution in [2.24, 2.45) is 0 Å². The second kappa shape index (κ2) is 4.67. The van der Waals surface area contributed by atoms with E-state index in [2.05, 4.69) is 31.4 Å². The van der Waals surface area contributed by atoms with E-state index in [9.17, 15) is 4.79 Å². The maximum Gasteiger partial charge on any atom is 0.313 e. The number of hydrogen-bond acceptors (Lipinski definition) is 4. The van der Waals surface area contributed by atoms with Gasteiger partial charge in [0.25, 0.3) is 0 Å². The molecule has 2 aromatic rings. The van der Waals surface area contributed by atoms with Gasteiger partial charge < -0.3 is 9.73 Å². The number of nitrogens with zero attached hydrogens (tertiary/aromatic N) is 2. The van der Waals surface area contributed by atoms with E-state index in [1.165, 1.54) is 0 Å². The Morgan fingerprint density at radius 1 is 1.35 bits per heavy atom. The quantitative estimate of drug-likeness (QED) is 0.925. The second-order valence-corrected chi connectivity index (χ2v) is 4.42. The molecule has 5 nitrogen and oxygen atoms in total. The van der Waals surface area contributed by atoms with E-state index in [0.717, 1.165) is 10.0 Å². The summed E-state index contributed by atoms with van der Waals surface area (Å²) in [4.78, 5) is 11.7. The highest BCUT2D eigenvalue weighted by Crippen LogP contribution is 2.23. The van der Waals surface area contributed by atoms with Gasteiger partial charge in [0.05, 0.1) is 5.69 Å². The SMILES string of the molecule is Cc1ccc(NC(=O)c2nnc(C)o2)c(Br)c1. The number of aromatic nitrogens is 2. The molecule has 0 saturated heterocycles. The molecule has 0 unspecified atom stereocenters. The summed E-state index contributed by atoms with van der Waals surface area (Å²) >= 11 is 3.37. The molecule has 1 amide bonds. The van der Waals surface area contributed by atoms with E-state index < -0.39 is 5.91 Å². The first-order chi connectivity index (χ1) is 8.06. The molecule has 0 atom stereocenters. The van der Waals surface area contributed by atoms with Gasteiger partial charge in [0.1, 0.15) is 0 Å². The summed E-state index contributed by atoms with van der Waals surface area (Å²) in [5.74, 6) is -0.108. The van der Waals surface area contributed by atoms with Crippen molar-refractivity contribution in [3.63, 3.8) is 0 Å². The molecule has 1 aromatic carbocycles. The minimum absolute atomic E-state index is 0.0463. The summed E-state index contributed by atoms with van der Waals surface area (Å²) in [5.41, 5.74) is 1.76. The van der Waals surface area contributed by atoms with Gasteiger partial charge in [0.2, 0.25) is 5.89 Å². The second-order valence-electron chi connectivity index (χ2n) is 3.56. The average Bonchev–Trinajstić information content (AvgIpc) is 2.69. The van der Waals surface area contributed by atoms with Crippen LogP contribution in [-0.4, -0.2) is 16.1 Å². The molecule has 17 heavy (non-hydrogen) atoms. The Morgan fingerprint density at radius 2 is 2.12 bits per heavy atom. The summed E-state index contributed by atoms with van der Waals surface area (Å²) in [5, 5.41) is 9.93. The van der Waals surface area contributed by atoms with E-state index in [1.54, 1.807) is 13.0 Å². The fourth-order valence-corrected chi connectivity index (χ4v) is 1.88. The standard InChI is InChI=1S/C11H10BrN3O2/c1-6-3-4-9(8(12)5-6)13-10(16)11-15-14-7(2)17-11/h3-5H,1-2H3,(H,13,16). The lowest BCUT2D eigenvalue weighted by Crippen LogP contribution is -2.12. The Morgan fingerprint density at radius 3 is 2.71 bits per heavy atom. The van der Waals surface area contributed by atoms with Gasteiger partial charge in [-0.25, -0.2) is 0 Å². The number of carbonyl (C=O) groups is 1. The minimum Gasteiger partial charge on any atom is -0.417 e. The molecule has 1 aromatic heterocycles. The van der Waals surface area contributed by atoms with Crippen LogP contribution in [0.4, 0.5) is 5.69 Å². The Hall–Kier alpha value is -1.69. The van der Waals surface area contributed by atoms with Gasteiger partial charge in [-0.05, 0) is 40.5 Å². The maximum absolute atomic E-state index is 11.7. The third-order valence-electron chi connectivity index (χ3n) is 2.09. The largest absolute Gasteiger partial charge is 0.417 e. The van der Waals surface area contributed by atoms with Crippen molar-refractivity contribution in [2.45, 2.75) is 13.8 Å². The van der Waals surface area contributed by atoms with Crippen LogP contribution in [0.1, 0.15) is 22.1 Å². The van der Waals surface area contributed by atoms with Crippen LogP contribution in [0.3, 0.4) is 0 Å². The van der Waals surface area contributed by atoms with Gasteiger partial charge in [-0.2, -0.15) is 0 Å². The number of anilines is 1. The Kier molecular flexibility index (Phi) is 3.23. The first kappa shape index (κ1) is 11.8. The van der Waals surface area contributed by atoms with Crippen LogP contribution in [0.5, 0.6) is 0 Å². The van der Waals surface area contributed by atoms with Crippen LogP contribution < -0.4 is 5.32 Å². The molecule has 6 heteroatoms. The van der Waals surface area contributed by atoms with Gasteiger partial charge in [-0.3, -0.25) is 4.79 Å². The number of hydrogen-bond donors (Lipinski definition) is 1. The molecule has 0 radical (unpaired) electrons. The van der Waals surface area contributed by atoms with Crippen molar-refractivity contribution in [3.05, 3.63) is 40.0 Å². The lowest BCUT2D eigenvalue weighted by atomic mass is 10.2. The molecule has 0 aliphatic heterocycles. The van der Waals surface area contributed by atoms with E-state index in [4.69, 9.17) is 4.42 Å². The zero-order chi connectivity index (χ0) is 12.4. The van der Waals surface area contributed by atoms with Crippen molar-refractivity contribution in [1.82, 2.24) is 10.2 Å². The zero-order valence-electron chi connectivity index (χ0n) is 9.32. The van der Waals surface area contributed by atoms with E-state index in [-0.39, 0.29) is 5.89 Å². The van der Waals surface area contributed by atoms with Crippen LogP contribution in [0.15, 0.2) is 27.1 Å². The summed E-state index contributed by atoms with van der Waals surface area (Å²) in [6.45, 7) is 3.60. The smallest absolute Gasteiger partial charge is 0.313 e. The van der Waals surface area contributed by atoms with Gasteiger partial charge >= 0.3 is 11.8 Å². The highest BCUT2D eigenvalue weighted by Gasteiger charge is 2.14. The fourth-order valence-electron chi connectivity index (χ4n) is 1.29. The van der Waals surface area contributed by atoms with Gasteiger partial charge in [-0.1, -0.05) is 6.07 Å². The third kappa shape index (κ3) is 2.71. The molecular formula is C11H10BrN3O2. The molecule has 0 bridgehead atoms. The molecule has 1 N–H and O–H groups in total. The van der Waals surface area contributed by atoms with Crippen molar-refractivity contribution in [2.75, 3.05) is 5.32 Å². The number of aryl methyl sites for hydroxylation is 2. The fraction of sp³-hybridized carbons (Fsp3) is 0.182. The van der Waals surface area contributed by atoms with Crippen LogP contribution in [-0.2, 0) is 0 Å². The topological polar surface area (TPSA) is 68.0 Å². The summed E-state index contributed by atoms with van der Waals surface area (Å²) < 4.78 is 5.84. The molecule has 0 saturated carbocycles. The van der Waals surface area contributed by atoms with Crippen LogP contribution in [0.2, 0.25) is 0 Å². The molecule has 2 rings (SSSR count). The zero-order valence-corrected chi connectivity index (χ0v) is 10.9. The van der Waals surface area contributed by atoms with Crippen LogP contribution in [0.25, 0.3) is 0 Å². The number of benzene rings is 1. The summed E-state index contributed by atoms with van der Waals surface area (Å²) in [6, 6.07) is 5.62. The molecule has 0 fully saturated rings. The maximum atomic E-state index is 11.7. The minimum atomic E-state index is -0.421. The van der Waals surface area contributed by atoms with E-state index in [0.29, 0.717) is 11.6 Å². The number of nitrogens with one attached hydrogen (secondary N) is 1. The van der Waals surface area contributed by atoms with Crippen LogP contribution >= 0.6 is 15.9 Å². The summed E-state index contributed by atoms with van der Waals surface area (Å²) in [7, 11) is 0. The number of halogens is 1. The van der Waals surface area contributed by atoms with E-state index in [1.807, 2.05) is 19.1 Å². The molecule has 0 aliphatic rings. The Balaban J connectivity index is 2.18. The lowest BCUT2D eigenvalue weighted by molar-refractivity contribution is 0.0989. The highest BCUT2D eigenvalue weighted by atomic mass is 79.9. The van der Waals surface area contributed by atoms with Gasteiger partial charge in [0, 0.05) is 11.4 Å². The average molecular weight is 296 g/mol. The Bertz CT molecular complexity index is 566. The number of rotatable bonds is 2. The third-order valence-corrected chi connectivity index (χ3v) is 2.75. The van der Waals surface area contributed by atoms with Crippen molar-refractivity contribution >= 4 is 27.5 Å². The number of amides is 1. The summed E-state index contributed by atoms with van der Waals surface area (Å²) in [6.07, 6.45) is 0. The van der Waals surface area contributed by atoms with Crippen molar-refractivity contribution in [3.8, 4) is 0 Å². The van der Waals surface area contributed by atoms with E-state index >= 15 is 0 Å². The lowest BCUT2D eigenvalue weighted by Gasteiger charge is -2.05. The normalized spacial score (nSPS) is 10.3. The molecule has 0 aliphatic carbocycles. The van der Waals surface area contributed by atoms with Gasteiger partial charge in [0.15, 0.2) is 0 Å². The molecule has 88 valence electrons. The molecule has 0 spiro atoms. The first-order valence-corrected chi connectivity index (χ1v) is 5.73. The van der Waals surface area contributed by atoms with Crippen molar-refractivity contribution < 1.29 is 9.21 Å². The Labute approximate surface area is 106 Å².